The van der Waals surface area contributed by atoms with Crippen LogP contribution in [0.1, 0.15) is 40.1 Å². The van der Waals surface area contributed by atoms with E-state index in [1.54, 1.807) is 0 Å². The Morgan fingerprint density at radius 1 is 0.968 bits per heavy atom. The third-order valence-electron chi connectivity index (χ3n) is 4.11. The second kappa shape index (κ2) is 9.75. The van der Waals surface area contributed by atoms with E-state index in [0.29, 0.717) is 12.1 Å². The van der Waals surface area contributed by atoms with Gasteiger partial charge in [0, 0.05) is 5.56 Å². The van der Waals surface area contributed by atoms with Gasteiger partial charge in [-0.3, -0.25) is 4.79 Å². The van der Waals surface area contributed by atoms with Crippen LogP contribution in [0, 0.1) is 5.82 Å². The molecule has 0 bridgehead atoms. The molecule has 170 valence electrons. The highest BCUT2D eigenvalue weighted by Gasteiger charge is 2.37. The minimum absolute atomic E-state index is 0.0281. The largest absolute Gasteiger partial charge is 0.416 e. The summed E-state index contributed by atoms with van der Waals surface area (Å²) < 4.78 is 102. The molecule has 0 heterocycles. The third-order valence-corrected chi connectivity index (χ3v) is 4.11. The van der Waals surface area contributed by atoms with Crippen molar-refractivity contribution in [1.82, 2.24) is 0 Å². The normalized spacial score (nSPS) is 14.4. The zero-order chi connectivity index (χ0) is 23.4. The smallest absolute Gasteiger partial charge is 0.394 e. The summed E-state index contributed by atoms with van der Waals surface area (Å²) in [6, 6.07) is 5.08. The molecular formula is C20H17F7O4. The Balaban J connectivity index is 2.36. The molecule has 0 radical (unpaired) electrons. The summed E-state index contributed by atoms with van der Waals surface area (Å²) in [5.74, 6) is -1.49. The van der Waals surface area contributed by atoms with E-state index < -0.39 is 66.3 Å². The minimum atomic E-state index is -5.05. The third kappa shape index (κ3) is 6.74. The van der Waals surface area contributed by atoms with Crippen molar-refractivity contribution in [3.05, 3.63) is 70.5 Å². The maximum Gasteiger partial charge on any atom is 0.416 e. The molecule has 0 amide bonds. The molecule has 0 unspecified atom stereocenters. The zero-order valence-electron chi connectivity index (χ0n) is 15.9. The molecule has 11 heteroatoms. The molecule has 0 fully saturated rings. The molecule has 2 atom stereocenters. The number of Topliss-reactive ketones (excluding diaryl/α,β-unsaturated/α-hetero) is 1. The van der Waals surface area contributed by atoms with Gasteiger partial charge in [0.2, 0.25) is 12.1 Å². The molecule has 0 saturated carbocycles. The van der Waals surface area contributed by atoms with Crippen molar-refractivity contribution >= 4 is 5.78 Å². The average Bonchev–Trinajstić information content (AvgIpc) is 2.69. The van der Waals surface area contributed by atoms with Crippen LogP contribution >= 0.6 is 0 Å². The molecule has 0 aliphatic rings. The number of hydrogen-bond donors (Lipinski definition) is 1. The summed E-state index contributed by atoms with van der Waals surface area (Å²) in [5.41, 5.74) is -3.64. The van der Waals surface area contributed by atoms with Gasteiger partial charge in [0.05, 0.1) is 30.4 Å². The Morgan fingerprint density at radius 3 is 1.94 bits per heavy atom. The number of hydrogen-bond acceptors (Lipinski definition) is 4. The number of alkyl halides is 6. The zero-order valence-corrected chi connectivity index (χ0v) is 15.9. The number of aliphatic hydroxyl groups excluding tert-OH is 1. The Hall–Kier alpha value is -2.50. The highest BCUT2D eigenvalue weighted by molar-refractivity contribution is 5.98. The predicted molar refractivity (Wildman–Crippen MR) is 93.5 cm³/mol. The van der Waals surface area contributed by atoms with Crippen molar-refractivity contribution in [3.63, 3.8) is 0 Å². The van der Waals surface area contributed by atoms with Gasteiger partial charge >= 0.3 is 12.4 Å². The number of aliphatic hydroxyl groups is 1. The van der Waals surface area contributed by atoms with Gasteiger partial charge in [-0.25, -0.2) is 4.39 Å². The fourth-order valence-electron chi connectivity index (χ4n) is 2.56. The summed E-state index contributed by atoms with van der Waals surface area (Å²) in [7, 11) is 0. The van der Waals surface area contributed by atoms with Gasteiger partial charge < -0.3 is 14.6 Å². The second-order valence-corrected chi connectivity index (χ2v) is 6.41. The van der Waals surface area contributed by atoms with Crippen molar-refractivity contribution < 1.29 is 50.1 Å². The van der Waals surface area contributed by atoms with Crippen LogP contribution in [-0.2, 0) is 21.8 Å². The van der Waals surface area contributed by atoms with E-state index in [-0.39, 0.29) is 11.6 Å². The van der Waals surface area contributed by atoms with Gasteiger partial charge in [-0.2, -0.15) is 26.3 Å². The average molecular weight is 454 g/mol. The van der Waals surface area contributed by atoms with E-state index in [2.05, 4.69) is 0 Å². The maximum absolute atomic E-state index is 13.1. The Labute approximate surface area is 172 Å². The molecule has 0 aromatic heterocycles. The van der Waals surface area contributed by atoms with Crippen LogP contribution in [0.15, 0.2) is 42.5 Å². The van der Waals surface area contributed by atoms with Crippen molar-refractivity contribution in [2.24, 2.45) is 0 Å². The van der Waals surface area contributed by atoms with Crippen LogP contribution in [-0.4, -0.2) is 30.4 Å². The van der Waals surface area contributed by atoms with Gasteiger partial charge in [0.25, 0.3) is 0 Å². The highest BCUT2D eigenvalue weighted by atomic mass is 19.4. The van der Waals surface area contributed by atoms with Crippen molar-refractivity contribution in [1.29, 1.82) is 0 Å². The summed E-state index contributed by atoms with van der Waals surface area (Å²) >= 11 is 0. The van der Waals surface area contributed by atoms with E-state index in [4.69, 9.17) is 14.6 Å². The molecular weight excluding hydrogens is 437 g/mol. The molecule has 0 spiro atoms. The quantitative estimate of drug-likeness (QED) is 0.340. The standard InChI is InChI=1S/C20H17F7O4/c1-11(13-8-14(19(22,23)24)10-15(9-13)20(25,26)27)31-18(30-7-6-28)17(29)12-2-4-16(21)5-3-12/h2-5,8-11,18,28H,6-7H2,1H3/t11-,18-/m1/s1. The first kappa shape index (κ1) is 24.8. The molecule has 1 N–H and O–H groups in total. The van der Waals surface area contributed by atoms with E-state index in [9.17, 15) is 35.5 Å². The second-order valence-electron chi connectivity index (χ2n) is 6.41. The Kier molecular flexibility index (Phi) is 7.79. The lowest BCUT2D eigenvalue weighted by Gasteiger charge is -2.23. The number of rotatable bonds is 8. The van der Waals surface area contributed by atoms with E-state index in [0.717, 1.165) is 31.2 Å². The van der Waals surface area contributed by atoms with Gasteiger partial charge in [-0.15, -0.1) is 0 Å². The number of ether oxygens (including phenoxy) is 2. The summed E-state index contributed by atoms with van der Waals surface area (Å²) in [4.78, 5) is 12.6. The number of carbonyl (C=O) groups excluding carboxylic acids is 1. The molecule has 0 aliphatic heterocycles. The lowest BCUT2D eigenvalue weighted by molar-refractivity contribution is -0.148. The summed E-state index contributed by atoms with van der Waals surface area (Å²) in [6.45, 7) is 0.205. The SMILES string of the molecule is C[C@@H](O[C@@H](OCCO)C(=O)c1ccc(F)cc1)c1cc(C(F)(F)F)cc(C(F)(F)F)c1. The molecule has 2 aromatic rings. The number of carbonyl (C=O) groups is 1. The first-order valence-electron chi connectivity index (χ1n) is 8.80. The predicted octanol–water partition coefficient (Wildman–Crippen LogP) is 5.16. The van der Waals surface area contributed by atoms with Crippen molar-refractivity contribution in [2.45, 2.75) is 31.7 Å². The molecule has 2 rings (SSSR count). The van der Waals surface area contributed by atoms with Gasteiger partial charge in [-0.05, 0) is 55.0 Å². The van der Waals surface area contributed by atoms with Crippen LogP contribution in [0.5, 0.6) is 0 Å². The summed E-state index contributed by atoms with van der Waals surface area (Å²) in [5, 5.41) is 8.92. The maximum atomic E-state index is 13.1. The van der Waals surface area contributed by atoms with Gasteiger partial charge in [0.15, 0.2) is 0 Å². The fraction of sp³-hybridized carbons (Fsp3) is 0.350. The van der Waals surface area contributed by atoms with Crippen molar-refractivity contribution in [2.75, 3.05) is 13.2 Å². The highest BCUT2D eigenvalue weighted by Crippen LogP contribution is 2.38. The fourth-order valence-corrected chi connectivity index (χ4v) is 2.56. The van der Waals surface area contributed by atoms with Crippen LogP contribution in [0.25, 0.3) is 0 Å². The monoisotopic (exact) mass is 454 g/mol. The molecule has 4 nitrogen and oxygen atoms in total. The van der Waals surface area contributed by atoms with E-state index >= 15 is 0 Å². The van der Waals surface area contributed by atoms with E-state index in [1.807, 2.05) is 0 Å². The van der Waals surface area contributed by atoms with Crippen molar-refractivity contribution in [3.8, 4) is 0 Å². The van der Waals surface area contributed by atoms with Crippen LogP contribution < -0.4 is 0 Å². The molecule has 31 heavy (non-hydrogen) atoms. The number of benzene rings is 2. The lowest BCUT2D eigenvalue weighted by atomic mass is 10.0. The number of ketones is 1. The topological polar surface area (TPSA) is 55.8 Å². The van der Waals surface area contributed by atoms with Gasteiger partial charge in [-0.1, -0.05) is 0 Å². The van der Waals surface area contributed by atoms with Crippen LogP contribution in [0.3, 0.4) is 0 Å². The lowest BCUT2D eigenvalue weighted by Crippen LogP contribution is -2.30. The van der Waals surface area contributed by atoms with Crippen LogP contribution in [0.2, 0.25) is 0 Å². The minimum Gasteiger partial charge on any atom is -0.394 e. The van der Waals surface area contributed by atoms with E-state index in [1.165, 1.54) is 0 Å². The first-order chi connectivity index (χ1) is 14.3. The molecule has 0 saturated heterocycles. The van der Waals surface area contributed by atoms with Gasteiger partial charge in [0.1, 0.15) is 5.82 Å². The summed E-state index contributed by atoms with van der Waals surface area (Å²) in [6.07, 6.45) is -13.3. The molecule has 2 aromatic carbocycles. The van der Waals surface area contributed by atoms with Crippen LogP contribution in [0.4, 0.5) is 30.7 Å². The Morgan fingerprint density at radius 2 is 1.48 bits per heavy atom. The number of halogens is 7. The Bertz CT molecular complexity index is 860. The first-order valence-corrected chi connectivity index (χ1v) is 8.80. The molecule has 0 aliphatic carbocycles.